The second kappa shape index (κ2) is 8.13. The Kier molecular flexibility index (Phi) is 6.43. The normalized spacial score (nSPS) is 11.0. The van der Waals surface area contributed by atoms with Crippen molar-refractivity contribution in [2.75, 3.05) is 20.7 Å². The first-order chi connectivity index (χ1) is 9.15. The molecular weight excluding hydrogens is 242 g/mol. The van der Waals surface area contributed by atoms with E-state index in [2.05, 4.69) is 45.5 Å². The molecule has 1 aromatic carbocycles. The molecule has 5 nitrogen and oxygen atoms in total. The van der Waals surface area contributed by atoms with Crippen LogP contribution in [0.5, 0.6) is 0 Å². The molecule has 0 bridgehead atoms. The molecule has 0 amide bonds. The van der Waals surface area contributed by atoms with E-state index in [1.54, 1.807) is 7.05 Å². The van der Waals surface area contributed by atoms with Crippen molar-refractivity contribution >= 4 is 11.9 Å². The van der Waals surface area contributed by atoms with Crippen molar-refractivity contribution in [2.45, 2.75) is 19.9 Å². The lowest BCUT2D eigenvalue weighted by Gasteiger charge is -2.11. The maximum absolute atomic E-state index is 11.0. The van der Waals surface area contributed by atoms with Crippen LogP contribution in [-0.4, -0.2) is 32.6 Å². The SMILES string of the molecule is CN=C(NCCC(=O)OC)NCc1cccc(C)c1. The van der Waals surface area contributed by atoms with Gasteiger partial charge in [-0.2, -0.15) is 0 Å². The Morgan fingerprint density at radius 3 is 2.79 bits per heavy atom. The van der Waals surface area contributed by atoms with Gasteiger partial charge in [-0.15, -0.1) is 0 Å². The van der Waals surface area contributed by atoms with Crippen LogP contribution in [0.25, 0.3) is 0 Å². The Morgan fingerprint density at radius 2 is 2.16 bits per heavy atom. The highest BCUT2D eigenvalue weighted by Gasteiger charge is 2.02. The summed E-state index contributed by atoms with van der Waals surface area (Å²) in [6.07, 6.45) is 0.321. The van der Waals surface area contributed by atoms with Crippen molar-refractivity contribution in [3.05, 3.63) is 35.4 Å². The molecule has 0 saturated carbocycles. The second-order valence-corrected chi connectivity index (χ2v) is 4.17. The van der Waals surface area contributed by atoms with E-state index < -0.39 is 0 Å². The first-order valence-electron chi connectivity index (χ1n) is 6.22. The van der Waals surface area contributed by atoms with Gasteiger partial charge in [-0.25, -0.2) is 0 Å². The number of aliphatic imine (C=N–C) groups is 1. The highest BCUT2D eigenvalue weighted by atomic mass is 16.5. The summed E-state index contributed by atoms with van der Waals surface area (Å²) in [6.45, 7) is 3.26. The van der Waals surface area contributed by atoms with Gasteiger partial charge < -0.3 is 15.4 Å². The summed E-state index contributed by atoms with van der Waals surface area (Å²) in [7, 11) is 3.08. The van der Waals surface area contributed by atoms with E-state index in [-0.39, 0.29) is 5.97 Å². The summed E-state index contributed by atoms with van der Waals surface area (Å²) in [5.74, 6) is 0.437. The summed E-state index contributed by atoms with van der Waals surface area (Å²) in [6, 6.07) is 8.27. The number of ether oxygens (including phenoxy) is 1. The van der Waals surface area contributed by atoms with Gasteiger partial charge in [0.1, 0.15) is 0 Å². The maximum Gasteiger partial charge on any atom is 0.307 e. The Balaban J connectivity index is 2.35. The van der Waals surface area contributed by atoms with Crippen LogP contribution in [0.3, 0.4) is 0 Å². The van der Waals surface area contributed by atoms with Crippen LogP contribution >= 0.6 is 0 Å². The van der Waals surface area contributed by atoms with E-state index in [4.69, 9.17) is 0 Å². The van der Waals surface area contributed by atoms with Crippen molar-refractivity contribution in [2.24, 2.45) is 4.99 Å². The minimum Gasteiger partial charge on any atom is -0.469 e. The zero-order valence-electron chi connectivity index (χ0n) is 11.7. The summed E-state index contributed by atoms with van der Waals surface area (Å²) in [4.78, 5) is 15.1. The van der Waals surface area contributed by atoms with Crippen LogP contribution in [0.15, 0.2) is 29.3 Å². The van der Waals surface area contributed by atoms with E-state index >= 15 is 0 Å². The van der Waals surface area contributed by atoms with Gasteiger partial charge in [0.15, 0.2) is 5.96 Å². The van der Waals surface area contributed by atoms with E-state index in [9.17, 15) is 4.79 Å². The molecule has 5 heteroatoms. The highest BCUT2D eigenvalue weighted by Crippen LogP contribution is 2.02. The highest BCUT2D eigenvalue weighted by molar-refractivity contribution is 5.80. The third-order valence-electron chi connectivity index (χ3n) is 2.62. The molecule has 104 valence electrons. The number of hydrogen-bond donors (Lipinski definition) is 2. The van der Waals surface area contributed by atoms with Gasteiger partial charge in [0.05, 0.1) is 13.5 Å². The third-order valence-corrected chi connectivity index (χ3v) is 2.62. The number of carbonyl (C=O) groups excluding carboxylic acids is 1. The number of hydrogen-bond acceptors (Lipinski definition) is 3. The van der Waals surface area contributed by atoms with E-state index in [0.29, 0.717) is 25.5 Å². The minimum atomic E-state index is -0.235. The molecule has 1 rings (SSSR count). The summed E-state index contributed by atoms with van der Waals surface area (Å²) in [5.41, 5.74) is 2.42. The molecule has 0 spiro atoms. The molecule has 19 heavy (non-hydrogen) atoms. The smallest absolute Gasteiger partial charge is 0.307 e. The van der Waals surface area contributed by atoms with Gasteiger partial charge in [0, 0.05) is 20.1 Å². The first kappa shape index (κ1) is 15.0. The van der Waals surface area contributed by atoms with Crippen LogP contribution in [0.1, 0.15) is 17.5 Å². The number of carbonyl (C=O) groups is 1. The molecule has 0 unspecified atom stereocenters. The first-order valence-corrected chi connectivity index (χ1v) is 6.22. The molecule has 1 aromatic rings. The van der Waals surface area contributed by atoms with Crippen LogP contribution in [0, 0.1) is 6.92 Å². The number of nitrogens with one attached hydrogen (secondary N) is 2. The van der Waals surface area contributed by atoms with E-state index in [0.717, 1.165) is 0 Å². The number of methoxy groups -OCH3 is 1. The van der Waals surface area contributed by atoms with Crippen LogP contribution in [0.4, 0.5) is 0 Å². The quantitative estimate of drug-likeness (QED) is 0.476. The lowest BCUT2D eigenvalue weighted by molar-refractivity contribution is -0.140. The average Bonchev–Trinajstić information content (AvgIpc) is 2.42. The summed E-state index contributed by atoms with van der Waals surface area (Å²) >= 11 is 0. The van der Waals surface area contributed by atoms with Crippen molar-refractivity contribution in [1.29, 1.82) is 0 Å². The molecule has 0 aliphatic carbocycles. The van der Waals surface area contributed by atoms with Crippen molar-refractivity contribution in [1.82, 2.24) is 10.6 Å². The maximum atomic E-state index is 11.0. The summed E-state index contributed by atoms with van der Waals surface area (Å²) < 4.78 is 4.57. The fourth-order valence-electron chi connectivity index (χ4n) is 1.61. The number of nitrogens with zero attached hydrogens (tertiary/aromatic N) is 1. The number of guanidine groups is 1. The van der Waals surface area contributed by atoms with Gasteiger partial charge >= 0.3 is 5.97 Å². The third kappa shape index (κ3) is 5.90. The average molecular weight is 263 g/mol. The lowest BCUT2D eigenvalue weighted by atomic mass is 10.1. The van der Waals surface area contributed by atoms with Crippen molar-refractivity contribution in [3.8, 4) is 0 Å². The summed E-state index contributed by atoms with van der Waals surface area (Å²) in [5, 5.41) is 6.25. The number of esters is 1. The molecule has 0 saturated heterocycles. The Labute approximate surface area is 114 Å². The predicted octanol–water partition coefficient (Wildman–Crippen LogP) is 1.22. The topological polar surface area (TPSA) is 62.7 Å². The molecule has 0 heterocycles. The minimum absolute atomic E-state index is 0.235. The van der Waals surface area contributed by atoms with E-state index in [1.807, 2.05) is 6.07 Å². The Bertz CT molecular complexity index is 444. The zero-order chi connectivity index (χ0) is 14.1. The molecule has 0 aromatic heterocycles. The van der Waals surface area contributed by atoms with E-state index in [1.165, 1.54) is 18.2 Å². The van der Waals surface area contributed by atoms with Gasteiger partial charge in [-0.3, -0.25) is 9.79 Å². The van der Waals surface area contributed by atoms with Crippen molar-refractivity contribution in [3.63, 3.8) is 0 Å². The molecular formula is C14H21N3O2. The largest absolute Gasteiger partial charge is 0.469 e. The monoisotopic (exact) mass is 263 g/mol. The second-order valence-electron chi connectivity index (χ2n) is 4.17. The molecule has 0 aliphatic heterocycles. The Morgan fingerprint density at radius 1 is 1.37 bits per heavy atom. The standard InChI is InChI=1S/C14H21N3O2/c1-11-5-4-6-12(9-11)10-17-14(15-2)16-8-7-13(18)19-3/h4-6,9H,7-8,10H2,1-3H3,(H2,15,16,17). The lowest BCUT2D eigenvalue weighted by Crippen LogP contribution is -2.37. The molecule has 0 radical (unpaired) electrons. The molecule has 0 atom stereocenters. The Hall–Kier alpha value is -2.04. The number of benzene rings is 1. The number of aryl methyl sites for hydroxylation is 1. The van der Waals surface area contributed by atoms with Crippen LogP contribution < -0.4 is 10.6 Å². The molecule has 0 aliphatic rings. The van der Waals surface area contributed by atoms with Gasteiger partial charge in [0.25, 0.3) is 0 Å². The zero-order valence-corrected chi connectivity index (χ0v) is 11.7. The molecule has 2 N–H and O–H groups in total. The van der Waals surface area contributed by atoms with Crippen LogP contribution in [-0.2, 0) is 16.1 Å². The van der Waals surface area contributed by atoms with Gasteiger partial charge in [0.2, 0.25) is 0 Å². The number of rotatable bonds is 5. The van der Waals surface area contributed by atoms with Crippen molar-refractivity contribution < 1.29 is 9.53 Å². The van der Waals surface area contributed by atoms with Crippen LogP contribution in [0.2, 0.25) is 0 Å². The fourth-order valence-corrected chi connectivity index (χ4v) is 1.61. The fraction of sp³-hybridized carbons (Fsp3) is 0.429. The van der Waals surface area contributed by atoms with Gasteiger partial charge in [-0.05, 0) is 12.5 Å². The molecule has 0 fully saturated rings. The van der Waals surface area contributed by atoms with Gasteiger partial charge in [-0.1, -0.05) is 29.8 Å². The predicted molar refractivity (Wildman–Crippen MR) is 76.0 cm³/mol.